The van der Waals surface area contributed by atoms with Crippen molar-refractivity contribution in [1.82, 2.24) is 10.2 Å². The maximum Gasteiger partial charge on any atom is 0.0800 e. The highest BCUT2D eigenvalue weighted by atomic mass is 35.5. The summed E-state index contributed by atoms with van der Waals surface area (Å²) in [5.74, 6) is 0. The van der Waals surface area contributed by atoms with Gasteiger partial charge in [0.1, 0.15) is 0 Å². The fraction of sp³-hybridized carbons (Fsp3) is 0.222. The lowest BCUT2D eigenvalue weighted by molar-refractivity contribution is 0.961. The molecular weight excluding hydrogens is 344 g/mol. The first-order chi connectivity index (χ1) is 11.0. The molecule has 0 radical (unpaired) electrons. The van der Waals surface area contributed by atoms with Gasteiger partial charge in [-0.3, -0.25) is 4.84 Å². The van der Waals surface area contributed by atoms with E-state index >= 15 is 0 Å². The summed E-state index contributed by atoms with van der Waals surface area (Å²) in [4.78, 5) is 3.64. The summed E-state index contributed by atoms with van der Waals surface area (Å²) in [7, 11) is 0. The molecule has 1 rings (SSSR count). The second-order valence-electron chi connectivity index (χ2n) is 4.94. The minimum absolute atomic E-state index is 0.696. The third-order valence-corrected chi connectivity index (χ3v) is 5.26. The normalized spacial score (nSPS) is 12.0. The molecule has 0 aliphatic rings. The Balaban J connectivity index is 2.48. The Bertz CT molecular complexity index is 604. The third-order valence-electron chi connectivity index (χ3n) is 3.03. The van der Waals surface area contributed by atoms with Gasteiger partial charge in [-0.25, -0.2) is 0 Å². The van der Waals surface area contributed by atoms with Crippen molar-refractivity contribution < 1.29 is 0 Å². The van der Waals surface area contributed by atoms with Gasteiger partial charge in [-0.05, 0) is 37.3 Å². The first-order valence-corrected chi connectivity index (χ1v) is 9.25. The topological polar surface area (TPSA) is 24.1 Å². The van der Waals surface area contributed by atoms with Crippen LogP contribution in [0.3, 0.4) is 0 Å². The molecule has 0 heterocycles. The lowest BCUT2D eigenvalue weighted by atomic mass is 10.1. The van der Waals surface area contributed by atoms with Gasteiger partial charge < -0.3 is 5.32 Å². The van der Waals surface area contributed by atoms with E-state index < -0.39 is 0 Å². The Morgan fingerprint density at radius 1 is 1.22 bits per heavy atom. The van der Waals surface area contributed by atoms with Crippen LogP contribution in [-0.2, 0) is 0 Å². The first-order valence-electron chi connectivity index (χ1n) is 7.18. The monoisotopic (exact) mass is 366 g/mol. The molecule has 5 heteroatoms. The van der Waals surface area contributed by atoms with Gasteiger partial charge in [-0.2, -0.15) is 0 Å². The molecule has 0 bridgehead atoms. The van der Waals surface area contributed by atoms with E-state index in [0.29, 0.717) is 11.6 Å². The SMILES string of the molecule is C=C(NC/C(=C/C)SC(=C)NCl)S/C=C(\C)c1ccc(C)cc1. The molecule has 0 aliphatic heterocycles. The Hall–Kier alpha value is -1.23. The number of rotatable bonds is 9. The summed E-state index contributed by atoms with van der Waals surface area (Å²) < 4.78 is 0. The second kappa shape index (κ2) is 10.5. The van der Waals surface area contributed by atoms with Crippen molar-refractivity contribution in [3.8, 4) is 0 Å². The molecule has 0 amide bonds. The lowest BCUT2D eigenvalue weighted by Gasteiger charge is -2.11. The van der Waals surface area contributed by atoms with Crippen LogP contribution in [0.15, 0.2) is 63.9 Å². The van der Waals surface area contributed by atoms with Gasteiger partial charge in [0.25, 0.3) is 0 Å². The highest BCUT2D eigenvalue weighted by Crippen LogP contribution is 2.24. The third kappa shape index (κ3) is 7.73. The van der Waals surface area contributed by atoms with Gasteiger partial charge in [0, 0.05) is 23.2 Å². The van der Waals surface area contributed by atoms with Crippen LogP contribution in [0.4, 0.5) is 0 Å². The first kappa shape index (κ1) is 19.8. The van der Waals surface area contributed by atoms with Gasteiger partial charge >= 0.3 is 0 Å². The standard InChI is InChI=1S/C18H23ClN2S2/c1-6-18(23-16(5)21-19)11-20-15(4)22-12-14(3)17-9-7-13(2)8-10-17/h6-10,12,20-21H,4-5,11H2,1-3H3/b14-12+,18-6-. The number of allylic oxidation sites excluding steroid dienone is 2. The zero-order valence-electron chi connectivity index (χ0n) is 13.8. The number of nitrogens with one attached hydrogen (secondary N) is 2. The largest absolute Gasteiger partial charge is 0.375 e. The Morgan fingerprint density at radius 3 is 2.43 bits per heavy atom. The summed E-state index contributed by atoms with van der Waals surface area (Å²) in [5, 5.41) is 7.02. The van der Waals surface area contributed by atoms with Gasteiger partial charge in [-0.1, -0.05) is 72.6 Å². The van der Waals surface area contributed by atoms with Gasteiger partial charge in [-0.15, -0.1) is 0 Å². The van der Waals surface area contributed by atoms with Gasteiger partial charge in [0.2, 0.25) is 0 Å². The molecule has 0 spiro atoms. The molecule has 0 unspecified atom stereocenters. The summed E-state index contributed by atoms with van der Waals surface area (Å²) in [6.07, 6.45) is 2.03. The molecule has 0 saturated carbocycles. The van der Waals surface area contributed by atoms with Crippen LogP contribution in [0.1, 0.15) is 25.0 Å². The number of halogens is 1. The number of hydrogen-bond acceptors (Lipinski definition) is 4. The highest BCUT2D eigenvalue weighted by Gasteiger charge is 2.02. The molecule has 23 heavy (non-hydrogen) atoms. The summed E-state index contributed by atoms with van der Waals surface area (Å²) in [6, 6.07) is 8.52. The van der Waals surface area contributed by atoms with Crippen molar-refractivity contribution in [2.75, 3.05) is 6.54 Å². The second-order valence-corrected chi connectivity index (χ2v) is 7.31. The van der Waals surface area contributed by atoms with Crippen molar-refractivity contribution in [2.45, 2.75) is 20.8 Å². The lowest BCUT2D eigenvalue weighted by Crippen LogP contribution is -2.13. The van der Waals surface area contributed by atoms with Crippen LogP contribution in [-0.4, -0.2) is 6.54 Å². The summed E-state index contributed by atoms with van der Waals surface area (Å²) >= 11 is 8.62. The van der Waals surface area contributed by atoms with Crippen molar-refractivity contribution in [3.63, 3.8) is 0 Å². The smallest absolute Gasteiger partial charge is 0.0800 e. The highest BCUT2D eigenvalue weighted by molar-refractivity contribution is 8.06. The van der Waals surface area contributed by atoms with Crippen LogP contribution in [0.25, 0.3) is 5.57 Å². The fourth-order valence-corrected chi connectivity index (χ4v) is 2.99. The van der Waals surface area contributed by atoms with Crippen molar-refractivity contribution in [3.05, 3.63) is 75.0 Å². The van der Waals surface area contributed by atoms with E-state index in [9.17, 15) is 0 Å². The van der Waals surface area contributed by atoms with Crippen molar-refractivity contribution in [2.24, 2.45) is 0 Å². The fourth-order valence-electron chi connectivity index (χ4n) is 1.65. The zero-order chi connectivity index (χ0) is 17.2. The maximum atomic E-state index is 5.52. The molecule has 1 aromatic rings. The Labute approximate surface area is 153 Å². The average Bonchev–Trinajstić information content (AvgIpc) is 2.56. The van der Waals surface area contributed by atoms with Crippen LogP contribution in [0.2, 0.25) is 0 Å². The predicted molar refractivity (Wildman–Crippen MR) is 109 cm³/mol. The van der Waals surface area contributed by atoms with Crippen LogP contribution in [0, 0.1) is 6.92 Å². The van der Waals surface area contributed by atoms with Gasteiger partial charge in [0.05, 0.1) is 10.1 Å². The van der Waals surface area contributed by atoms with E-state index in [1.54, 1.807) is 11.8 Å². The molecule has 2 nitrogen and oxygen atoms in total. The quantitative estimate of drug-likeness (QED) is 0.523. The average molecular weight is 367 g/mol. The van der Waals surface area contributed by atoms with Crippen molar-refractivity contribution in [1.29, 1.82) is 0 Å². The van der Waals surface area contributed by atoms with Crippen molar-refractivity contribution >= 4 is 40.9 Å². The van der Waals surface area contributed by atoms with Gasteiger partial charge in [0.15, 0.2) is 0 Å². The number of thioether (sulfide) groups is 2. The molecule has 0 atom stereocenters. The van der Waals surface area contributed by atoms with Crippen LogP contribution in [0.5, 0.6) is 0 Å². The molecule has 0 aliphatic carbocycles. The summed E-state index contributed by atoms with van der Waals surface area (Å²) in [6.45, 7) is 14.7. The van der Waals surface area contributed by atoms with E-state index in [1.807, 2.05) is 13.0 Å². The molecule has 0 saturated heterocycles. The zero-order valence-corrected chi connectivity index (χ0v) is 16.2. The number of hydrogen-bond donors (Lipinski definition) is 2. The molecule has 1 aromatic carbocycles. The minimum atomic E-state index is 0.696. The number of aryl methyl sites for hydroxylation is 1. The predicted octanol–water partition coefficient (Wildman–Crippen LogP) is 6.00. The Morgan fingerprint density at radius 2 is 1.87 bits per heavy atom. The molecular formula is C18H23ClN2S2. The summed E-state index contributed by atoms with van der Waals surface area (Å²) in [5.41, 5.74) is 3.72. The maximum absolute atomic E-state index is 5.52. The van der Waals surface area contributed by atoms with E-state index in [0.717, 1.165) is 9.93 Å². The molecule has 0 fully saturated rings. The number of benzene rings is 1. The van der Waals surface area contributed by atoms with Crippen LogP contribution >= 0.6 is 35.3 Å². The van der Waals surface area contributed by atoms with Crippen LogP contribution < -0.4 is 10.2 Å². The molecule has 0 aromatic heterocycles. The molecule has 124 valence electrons. The molecule has 2 N–H and O–H groups in total. The minimum Gasteiger partial charge on any atom is -0.375 e. The van der Waals surface area contributed by atoms with E-state index in [4.69, 9.17) is 11.8 Å². The van der Waals surface area contributed by atoms with E-state index in [-0.39, 0.29) is 0 Å². The Kier molecular flexibility index (Phi) is 9.07. The van der Waals surface area contributed by atoms with E-state index in [1.165, 1.54) is 28.5 Å². The van der Waals surface area contributed by atoms with E-state index in [2.05, 4.69) is 66.8 Å².